The number of guanidine groups is 1. The summed E-state index contributed by atoms with van der Waals surface area (Å²) in [6.45, 7) is 5.28. The lowest BCUT2D eigenvalue weighted by Gasteiger charge is -2.12. The van der Waals surface area contributed by atoms with E-state index in [4.69, 9.17) is 0 Å². The predicted molar refractivity (Wildman–Crippen MR) is 88.7 cm³/mol. The lowest BCUT2D eigenvalue weighted by Crippen LogP contribution is -2.41. The molecule has 0 heterocycles. The van der Waals surface area contributed by atoms with Crippen LogP contribution >= 0.6 is 0 Å². The van der Waals surface area contributed by atoms with Gasteiger partial charge in [-0.25, -0.2) is 0 Å². The summed E-state index contributed by atoms with van der Waals surface area (Å²) in [6.07, 6.45) is 3.16. The summed E-state index contributed by atoms with van der Waals surface area (Å²) in [7, 11) is 1.70. The van der Waals surface area contributed by atoms with Crippen molar-refractivity contribution in [3.8, 4) is 0 Å². The Labute approximate surface area is 127 Å². The first kappa shape index (κ1) is 17.0. The molecule has 0 bridgehead atoms. The van der Waals surface area contributed by atoms with Crippen LogP contribution in [-0.2, 0) is 11.2 Å². The van der Waals surface area contributed by atoms with Crippen molar-refractivity contribution in [2.75, 3.05) is 25.5 Å². The molecule has 0 aliphatic rings. The Kier molecular flexibility index (Phi) is 7.94. The lowest BCUT2D eigenvalue weighted by molar-refractivity contribution is -0.115. The molecule has 0 fully saturated rings. The van der Waals surface area contributed by atoms with Gasteiger partial charge in [0.2, 0.25) is 5.91 Å². The van der Waals surface area contributed by atoms with Crippen LogP contribution in [0.25, 0.3) is 0 Å². The van der Waals surface area contributed by atoms with Crippen LogP contribution in [0.2, 0.25) is 0 Å². The van der Waals surface area contributed by atoms with Crippen LogP contribution in [0.4, 0.5) is 5.69 Å². The van der Waals surface area contributed by atoms with Crippen molar-refractivity contribution >= 4 is 17.6 Å². The zero-order valence-electron chi connectivity index (χ0n) is 13.2. The zero-order chi connectivity index (χ0) is 15.5. The fourth-order valence-corrected chi connectivity index (χ4v) is 1.84. The van der Waals surface area contributed by atoms with Crippen LogP contribution in [0.3, 0.4) is 0 Å². The molecule has 0 aliphatic heterocycles. The molecular formula is C16H26N4O. The fourth-order valence-electron chi connectivity index (χ4n) is 1.84. The number of benzene rings is 1. The van der Waals surface area contributed by atoms with Crippen LogP contribution < -0.4 is 16.0 Å². The van der Waals surface area contributed by atoms with Gasteiger partial charge in [-0.2, -0.15) is 0 Å². The number of anilines is 1. The van der Waals surface area contributed by atoms with E-state index in [1.165, 1.54) is 5.56 Å². The van der Waals surface area contributed by atoms with Crippen molar-refractivity contribution in [1.82, 2.24) is 10.6 Å². The minimum Gasteiger partial charge on any atom is -0.356 e. The van der Waals surface area contributed by atoms with E-state index in [1.54, 1.807) is 7.05 Å². The molecule has 0 aromatic heterocycles. The third-order valence-electron chi connectivity index (χ3n) is 3.08. The number of unbranched alkanes of at least 4 members (excludes halogenated alkanes) is 1. The van der Waals surface area contributed by atoms with Gasteiger partial charge in [-0.05, 0) is 30.5 Å². The van der Waals surface area contributed by atoms with E-state index in [9.17, 15) is 4.79 Å². The molecule has 0 radical (unpaired) electrons. The smallest absolute Gasteiger partial charge is 0.243 e. The Bertz CT molecular complexity index is 471. The fraction of sp³-hybridized carbons (Fsp3) is 0.500. The average molecular weight is 290 g/mol. The summed E-state index contributed by atoms with van der Waals surface area (Å²) >= 11 is 0. The first-order valence-corrected chi connectivity index (χ1v) is 7.52. The van der Waals surface area contributed by atoms with E-state index in [-0.39, 0.29) is 12.5 Å². The number of aryl methyl sites for hydroxylation is 1. The van der Waals surface area contributed by atoms with Crippen molar-refractivity contribution in [2.45, 2.75) is 33.1 Å². The molecule has 0 aliphatic carbocycles. The number of amides is 1. The van der Waals surface area contributed by atoms with Gasteiger partial charge in [-0.3, -0.25) is 9.79 Å². The number of hydrogen-bond acceptors (Lipinski definition) is 2. The van der Waals surface area contributed by atoms with Gasteiger partial charge >= 0.3 is 0 Å². The Morgan fingerprint density at radius 3 is 2.71 bits per heavy atom. The van der Waals surface area contributed by atoms with E-state index >= 15 is 0 Å². The zero-order valence-corrected chi connectivity index (χ0v) is 13.2. The predicted octanol–water partition coefficient (Wildman–Crippen LogP) is 2.15. The molecular weight excluding hydrogens is 264 g/mol. The summed E-state index contributed by atoms with van der Waals surface area (Å²) in [5, 5.41) is 9.05. The first-order valence-electron chi connectivity index (χ1n) is 7.52. The number of nitrogens with one attached hydrogen (secondary N) is 3. The number of carbonyl (C=O) groups is 1. The number of hydrogen-bond donors (Lipinski definition) is 3. The molecule has 116 valence electrons. The standard InChI is InChI=1S/C16H26N4O/c1-4-6-10-18-16(17-3)19-12-15(21)20-14-9-7-8-13(5-2)11-14/h7-9,11H,4-6,10,12H2,1-3H3,(H,20,21)(H2,17,18,19). The van der Waals surface area contributed by atoms with E-state index in [0.29, 0.717) is 5.96 Å². The summed E-state index contributed by atoms with van der Waals surface area (Å²) in [4.78, 5) is 16.0. The summed E-state index contributed by atoms with van der Waals surface area (Å²) in [6, 6.07) is 7.89. The van der Waals surface area contributed by atoms with E-state index in [2.05, 4.69) is 34.8 Å². The summed E-state index contributed by atoms with van der Waals surface area (Å²) < 4.78 is 0. The maximum absolute atomic E-state index is 11.9. The lowest BCUT2D eigenvalue weighted by atomic mass is 10.1. The van der Waals surface area contributed by atoms with Crippen molar-refractivity contribution < 1.29 is 4.79 Å². The highest BCUT2D eigenvalue weighted by molar-refractivity contribution is 5.95. The van der Waals surface area contributed by atoms with Crippen molar-refractivity contribution in [3.63, 3.8) is 0 Å². The van der Waals surface area contributed by atoms with Gasteiger partial charge in [0.05, 0.1) is 6.54 Å². The number of carbonyl (C=O) groups excluding carboxylic acids is 1. The van der Waals surface area contributed by atoms with Crippen LogP contribution in [0.5, 0.6) is 0 Å². The van der Waals surface area contributed by atoms with Crippen LogP contribution in [-0.4, -0.2) is 32.0 Å². The second kappa shape index (κ2) is 9.80. The van der Waals surface area contributed by atoms with Gasteiger partial charge in [0, 0.05) is 19.3 Å². The molecule has 1 aromatic rings. The third kappa shape index (κ3) is 6.79. The monoisotopic (exact) mass is 290 g/mol. The summed E-state index contributed by atoms with van der Waals surface area (Å²) in [5.74, 6) is 0.572. The highest BCUT2D eigenvalue weighted by atomic mass is 16.1. The minimum absolute atomic E-state index is 0.0818. The normalized spacial score (nSPS) is 11.1. The Hall–Kier alpha value is -2.04. The Morgan fingerprint density at radius 2 is 2.05 bits per heavy atom. The number of rotatable bonds is 7. The molecule has 1 aromatic carbocycles. The van der Waals surface area contributed by atoms with Crippen molar-refractivity contribution in [3.05, 3.63) is 29.8 Å². The van der Waals surface area contributed by atoms with Gasteiger partial charge in [0.15, 0.2) is 5.96 Å². The van der Waals surface area contributed by atoms with Crippen LogP contribution in [0, 0.1) is 0 Å². The molecule has 0 atom stereocenters. The molecule has 5 nitrogen and oxygen atoms in total. The largest absolute Gasteiger partial charge is 0.356 e. The molecule has 3 N–H and O–H groups in total. The van der Waals surface area contributed by atoms with Crippen LogP contribution in [0.15, 0.2) is 29.3 Å². The van der Waals surface area contributed by atoms with Gasteiger partial charge in [0.1, 0.15) is 0 Å². The van der Waals surface area contributed by atoms with Crippen molar-refractivity contribution in [1.29, 1.82) is 0 Å². The SMILES string of the molecule is CCCCNC(=NC)NCC(=O)Nc1cccc(CC)c1. The first-order chi connectivity index (χ1) is 10.2. The van der Waals surface area contributed by atoms with Gasteiger partial charge in [-0.1, -0.05) is 32.4 Å². The average Bonchev–Trinajstić information content (AvgIpc) is 2.51. The van der Waals surface area contributed by atoms with Gasteiger partial charge in [-0.15, -0.1) is 0 Å². The van der Waals surface area contributed by atoms with E-state index < -0.39 is 0 Å². The molecule has 0 saturated carbocycles. The molecule has 0 unspecified atom stereocenters. The topological polar surface area (TPSA) is 65.5 Å². The Balaban J connectivity index is 2.38. The maximum Gasteiger partial charge on any atom is 0.243 e. The third-order valence-corrected chi connectivity index (χ3v) is 3.08. The highest BCUT2D eigenvalue weighted by Gasteiger charge is 2.04. The summed E-state index contributed by atoms with van der Waals surface area (Å²) in [5.41, 5.74) is 2.04. The molecule has 0 spiro atoms. The van der Waals surface area contributed by atoms with Crippen LogP contribution in [0.1, 0.15) is 32.3 Å². The number of aliphatic imine (C=N–C) groups is 1. The Morgan fingerprint density at radius 1 is 1.24 bits per heavy atom. The molecule has 1 amide bonds. The molecule has 21 heavy (non-hydrogen) atoms. The molecule has 1 rings (SSSR count). The van der Waals surface area contributed by atoms with E-state index in [1.807, 2.05) is 24.3 Å². The molecule has 0 saturated heterocycles. The quantitative estimate of drug-likeness (QED) is 0.409. The molecule has 5 heteroatoms. The van der Waals surface area contributed by atoms with Gasteiger partial charge in [0.25, 0.3) is 0 Å². The number of nitrogens with zero attached hydrogens (tertiary/aromatic N) is 1. The maximum atomic E-state index is 11.9. The second-order valence-electron chi connectivity index (χ2n) is 4.81. The van der Waals surface area contributed by atoms with Crippen molar-refractivity contribution in [2.24, 2.45) is 4.99 Å². The van der Waals surface area contributed by atoms with Gasteiger partial charge < -0.3 is 16.0 Å². The minimum atomic E-state index is -0.0818. The van der Waals surface area contributed by atoms with E-state index in [0.717, 1.165) is 31.5 Å². The second-order valence-corrected chi connectivity index (χ2v) is 4.81. The highest BCUT2D eigenvalue weighted by Crippen LogP contribution is 2.10.